The fourth-order valence-corrected chi connectivity index (χ4v) is 0.690. The van der Waals surface area contributed by atoms with Crippen LogP contribution in [0.4, 0.5) is 0 Å². The zero-order valence-corrected chi connectivity index (χ0v) is 4.57. The first-order valence-corrected chi connectivity index (χ1v) is 2.57. The van der Waals surface area contributed by atoms with Crippen LogP contribution in [0.3, 0.4) is 0 Å². The highest BCUT2D eigenvalue weighted by Gasteiger charge is 2.20. The van der Waals surface area contributed by atoms with Crippen molar-refractivity contribution in [2.45, 2.75) is 0 Å². The molecule has 0 bridgehead atoms. The molecule has 1 radical (unpaired) electrons. The summed E-state index contributed by atoms with van der Waals surface area (Å²) in [7, 11) is 0. The van der Waals surface area contributed by atoms with Crippen molar-refractivity contribution < 1.29 is 0 Å². The molecule has 0 saturated carbocycles. The van der Waals surface area contributed by atoms with Crippen LogP contribution >= 0.6 is 0 Å². The van der Waals surface area contributed by atoms with Crippen LogP contribution in [0.2, 0.25) is 0 Å². The number of nitrogens with one attached hydrogen (secondary N) is 1. The van der Waals surface area contributed by atoms with Gasteiger partial charge in [0.25, 0.3) is 6.34 Å². The second kappa shape index (κ2) is 1.51. The Morgan fingerprint density at radius 1 is 1.56 bits per heavy atom. The van der Waals surface area contributed by atoms with Crippen molar-refractivity contribution in [3.63, 3.8) is 0 Å². The minimum absolute atomic E-state index is 0.734. The number of hydrogen-bond acceptors (Lipinski definition) is 4. The Labute approximate surface area is 51.7 Å². The summed E-state index contributed by atoms with van der Waals surface area (Å²) in [6.45, 7) is 0. The Balaban J connectivity index is 2.46. The van der Waals surface area contributed by atoms with Crippen molar-refractivity contribution in [3.8, 4) is 0 Å². The minimum atomic E-state index is 0.734. The third-order valence-electron chi connectivity index (χ3n) is 1.10. The number of hydrogen-bond donors (Lipinski definition) is 1. The Morgan fingerprint density at radius 3 is 3.44 bits per heavy atom. The van der Waals surface area contributed by atoms with Crippen LogP contribution in [0.15, 0.2) is 21.9 Å². The monoisotopic (exact) mass is 120 g/mol. The fraction of sp³-hybridized carbons (Fsp3) is 0. The lowest BCUT2D eigenvalue weighted by atomic mass is 10.4. The average Bonchev–Trinajstić information content (AvgIpc) is 2.33. The summed E-state index contributed by atoms with van der Waals surface area (Å²) in [5, 5.41) is 3.76. The van der Waals surface area contributed by atoms with Crippen LogP contribution in [0.1, 0.15) is 0 Å². The molecule has 2 aliphatic rings. The highest BCUT2D eigenvalue weighted by Crippen LogP contribution is 2.00. The first-order chi connectivity index (χ1) is 4.47. The van der Waals surface area contributed by atoms with E-state index < -0.39 is 0 Å². The number of allylic oxidation sites excluding steroid dienone is 1. The molecule has 4 heteroatoms. The zero-order chi connectivity index (χ0) is 6.10. The van der Waals surface area contributed by atoms with E-state index in [1.165, 1.54) is 6.34 Å². The summed E-state index contributed by atoms with van der Waals surface area (Å²) in [4.78, 5) is 7.83. The molecular weight excluding hydrogens is 116 g/mol. The zero-order valence-electron chi connectivity index (χ0n) is 4.57. The third-order valence-corrected chi connectivity index (χ3v) is 1.10. The van der Waals surface area contributed by atoms with E-state index in [-0.39, 0.29) is 0 Å². The Hall–Kier alpha value is -1.45. The molecule has 0 fully saturated rings. The van der Waals surface area contributed by atoms with Gasteiger partial charge in [0.1, 0.15) is 0 Å². The van der Waals surface area contributed by atoms with Gasteiger partial charge in [0.2, 0.25) is 5.70 Å². The largest absolute Gasteiger partial charge is 0.323 e. The molecule has 0 atom stereocenters. The van der Waals surface area contributed by atoms with E-state index in [1.54, 1.807) is 12.3 Å². The van der Waals surface area contributed by atoms with Gasteiger partial charge in [-0.3, -0.25) is 0 Å². The van der Waals surface area contributed by atoms with Gasteiger partial charge in [0.05, 0.1) is 6.21 Å². The number of hydrazone groups is 1. The molecule has 2 heterocycles. The second-order valence-electron chi connectivity index (χ2n) is 1.66. The summed E-state index contributed by atoms with van der Waals surface area (Å²) < 4.78 is 0. The van der Waals surface area contributed by atoms with E-state index in [9.17, 15) is 0 Å². The molecule has 0 aromatic heterocycles. The van der Waals surface area contributed by atoms with E-state index in [4.69, 9.17) is 0 Å². The fourth-order valence-electron chi connectivity index (χ4n) is 0.690. The van der Waals surface area contributed by atoms with Gasteiger partial charge in [-0.15, -0.1) is 10.1 Å². The number of fused-ring (bicyclic) bond motifs is 1. The van der Waals surface area contributed by atoms with Gasteiger partial charge in [0.15, 0.2) is 0 Å². The van der Waals surface area contributed by atoms with Crippen LogP contribution in [0.25, 0.3) is 0 Å². The standard InChI is InChI=1S/C5H4N4/c1-2-8-9-5-4(1)6-3-7-5/h1-3,9H/q+1. The Kier molecular flexibility index (Phi) is 0.745. The SMILES string of the molecule is C1=NNC2=[N+]C=NC2=C1. The molecule has 1 N–H and O–H groups in total. The van der Waals surface area contributed by atoms with Crippen molar-refractivity contribution in [2.24, 2.45) is 10.1 Å². The normalized spacial score (nSPS) is 20.4. The number of amidine groups is 1. The Morgan fingerprint density at radius 2 is 2.56 bits per heavy atom. The van der Waals surface area contributed by atoms with Gasteiger partial charge in [-0.05, 0) is 0 Å². The maximum Gasteiger partial charge on any atom is 0.323 e. The lowest BCUT2D eigenvalue weighted by Gasteiger charge is -1.92. The van der Waals surface area contributed by atoms with Gasteiger partial charge in [-0.2, -0.15) is 5.43 Å². The summed E-state index contributed by atoms with van der Waals surface area (Å²) in [6.07, 6.45) is 4.96. The van der Waals surface area contributed by atoms with E-state index in [0.29, 0.717) is 0 Å². The van der Waals surface area contributed by atoms with Crippen molar-refractivity contribution in [2.75, 3.05) is 0 Å². The van der Waals surface area contributed by atoms with E-state index in [0.717, 1.165) is 11.5 Å². The molecule has 2 rings (SSSR count). The third kappa shape index (κ3) is 0.561. The molecule has 0 aliphatic carbocycles. The van der Waals surface area contributed by atoms with E-state index in [2.05, 4.69) is 20.5 Å². The molecular formula is C5H4N4+. The molecule has 43 valence electrons. The molecule has 0 aromatic rings. The highest BCUT2D eigenvalue weighted by molar-refractivity contribution is 6.08. The summed E-state index contributed by atoms with van der Waals surface area (Å²) in [5.74, 6) is 0.734. The smallest absolute Gasteiger partial charge is 0.179 e. The van der Waals surface area contributed by atoms with Crippen molar-refractivity contribution in [1.29, 1.82) is 0 Å². The number of aliphatic imine (C=N–C) groups is 2. The highest BCUT2D eigenvalue weighted by atomic mass is 15.3. The van der Waals surface area contributed by atoms with Crippen molar-refractivity contribution in [1.82, 2.24) is 10.4 Å². The van der Waals surface area contributed by atoms with Crippen molar-refractivity contribution in [3.05, 3.63) is 11.8 Å². The summed E-state index contributed by atoms with van der Waals surface area (Å²) in [5.41, 5.74) is 3.56. The molecule has 0 spiro atoms. The predicted molar refractivity (Wildman–Crippen MR) is 35.3 cm³/mol. The summed E-state index contributed by atoms with van der Waals surface area (Å²) >= 11 is 0. The second-order valence-corrected chi connectivity index (χ2v) is 1.66. The minimum Gasteiger partial charge on any atom is -0.179 e. The van der Waals surface area contributed by atoms with Gasteiger partial charge in [-0.1, -0.05) is 4.99 Å². The Bertz CT molecular complexity index is 246. The van der Waals surface area contributed by atoms with Crippen LogP contribution in [0, 0.1) is 0 Å². The molecule has 9 heavy (non-hydrogen) atoms. The predicted octanol–water partition coefficient (Wildman–Crippen LogP) is -0.765. The maximum atomic E-state index is 3.94. The molecule has 0 saturated heterocycles. The van der Waals surface area contributed by atoms with Gasteiger partial charge < -0.3 is 0 Å². The quantitative estimate of drug-likeness (QED) is 0.448. The van der Waals surface area contributed by atoms with Crippen LogP contribution in [0.5, 0.6) is 0 Å². The average molecular weight is 120 g/mol. The van der Waals surface area contributed by atoms with Gasteiger partial charge >= 0.3 is 5.84 Å². The van der Waals surface area contributed by atoms with Gasteiger partial charge in [0, 0.05) is 6.08 Å². The van der Waals surface area contributed by atoms with Crippen LogP contribution < -0.4 is 10.4 Å². The molecule has 2 aliphatic heterocycles. The maximum absolute atomic E-state index is 3.94. The topological polar surface area (TPSA) is 50.9 Å². The molecule has 0 aromatic carbocycles. The van der Waals surface area contributed by atoms with Crippen LogP contribution in [-0.4, -0.2) is 18.4 Å². The first kappa shape index (κ1) is 4.43. The lowest BCUT2D eigenvalue weighted by Crippen LogP contribution is -2.23. The molecule has 4 nitrogen and oxygen atoms in total. The lowest BCUT2D eigenvalue weighted by molar-refractivity contribution is 1.02. The number of rotatable bonds is 0. The molecule has 0 amide bonds. The molecule has 0 unspecified atom stereocenters. The van der Waals surface area contributed by atoms with Crippen molar-refractivity contribution >= 4 is 18.4 Å². The van der Waals surface area contributed by atoms with Crippen LogP contribution in [-0.2, 0) is 0 Å². The van der Waals surface area contributed by atoms with Gasteiger partial charge in [-0.25, -0.2) is 0 Å². The van der Waals surface area contributed by atoms with E-state index in [1.807, 2.05) is 0 Å². The van der Waals surface area contributed by atoms with E-state index >= 15 is 0 Å². The summed E-state index contributed by atoms with van der Waals surface area (Å²) in [6, 6.07) is 0. The number of nitrogens with zero attached hydrogens (tertiary/aromatic N) is 3. The first-order valence-electron chi connectivity index (χ1n) is 2.57.